The van der Waals surface area contributed by atoms with Crippen LogP contribution in [0.15, 0.2) is 65.2 Å². The summed E-state index contributed by atoms with van der Waals surface area (Å²) in [5, 5.41) is 5.88. The number of piperidine rings is 1. The standard InChI is InChI=1S/C30H28ClF2N3O2/c31-26-3-1-2-24-23(26)12-17-36(30(37)20-4-6-21(32)7-5-20)27(24)13-16-35-14-10-19(11-15-35)29-25-9-8-22(33)18-28(25)38-34-29/h1-9,18-19,27H,10-17H2. The Morgan fingerprint density at radius 2 is 1.76 bits per heavy atom. The topological polar surface area (TPSA) is 49.6 Å². The zero-order chi connectivity index (χ0) is 26.2. The van der Waals surface area contributed by atoms with E-state index in [-0.39, 0.29) is 29.5 Å². The first-order valence-electron chi connectivity index (χ1n) is 13.1. The largest absolute Gasteiger partial charge is 0.356 e. The van der Waals surface area contributed by atoms with Crippen LogP contribution in [0.5, 0.6) is 0 Å². The molecular formula is C30H28ClF2N3O2. The molecule has 0 aliphatic carbocycles. The minimum atomic E-state index is -0.358. The molecule has 3 heterocycles. The molecule has 1 saturated heterocycles. The highest BCUT2D eigenvalue weighted by Crippen LogP contribution is 2.38. The normalized spacial score (nSPS) is 18.6. The van der Waals surface area contributed by atoms with E-state index in [9.17, 15) is 13.6 Å². The molecule has 0 N–H and O–H groups in total. The highest BCUT2D eigenvalue weighted by molar-refractivity contribution is 6.31. The first-order valence-corrected chi connectivity index (χ1v) is 13.5. The SMILES string of the molecule is O=C(c1ccc(F)cc1)N1CCc2c(Cl)cccc2C1CCN1CCC(c2noc3cc(F)ccc23)CC1. The van der Waals surface area contributed by atoms with Gasteiger partial charge in [0.2, 0.25) is 0 Å². The Balaban J connectivity index is 1.16. The fourth-order valence-electron chi connectivity index (χ4n) is 5.98. The second-order valence-corrected chi connectivity index (χ2v) is 10.6. The number of hydrogen-bond acceptors (Lipinski definition) is 4. The van der Waals surface area contributed by atoms with Crippen molar-refractivity contribution in [2.24, 2.45) is 0 Å². The highest BCUT2D eigenvalue weighted by atomic mass is 35.5. The van der Waals surface area contributed by atoms with E-state index in [1.807, 2.05) is 17.0 Å². The van der Waals surface area contributed by atoms with E-state index >= 15 is 0 Å². The van der Waals surface area contributed by atoms with Crippen LogP contribution in [0.2, 0.25) is 5.02 Å². The van der Waals surface area contributed by atoms with Crippen LogP contribution >= 0.6 is 11.6 Å². The van der Waals surface area contributed by atoms with Gasteiger partial charge in [0.1, 0.15) is 11.6 Å². The summed E-state index contributed by atoms with van der Waals surface area (Å²) in [7, 11) is 0. The third-order valence-corrected chi connectivity index (χ3v) is 8.35. The second kappa shape index (κ2) is 10.5. The maximum absolute atomic E-state index is 13.5. The Morgan fingerprint density at radius 3 is 2.55 bits per heavy atom. The van der Waals surface area contributed by atoms with Gasteiger partial charge in [0, 0.05) is 41.0 Å². The van der Waals surface area contributed by atoms with Crippen molar-refractivity contribution in [2.75, 3.05) is 26.2 Å². The number of fused-ring (bicyclic) bond motifs is 2. The molecule has 1 atom stereocenters. The molecule has 1 amide bonds. The van der Waals surface area contributed by atoms with Gasteiger partial charge >= 0.3 is 0 Å². The van der Waals surface area contributed by atoms with Gasteiger partial charge in [-0.1, -0.05) is 28.9 Å². The third-order valence-electron chi connectivity index (χ3n) is 8.00. The lowest BCUT2D eigenvalue weighted by atomic mass is 9.89. The summed E-state index contributed by atoms with van der Waals surface area (Å²) in [4.78, 5) is 17.8. The molecule has 2 aliphatic heterocycles. The molecule has 3 aromatic carbocycles. The number of amides is 1. The Hall–Kier alpha value is -3.29. The van der Waals surface area contributed by atoms with E-state index in [1.54, 1.807) is 18.2 Å². The van der Waals surface area contributed by atoms with Gasteiger partial charge < -0.3 is 14.3 Å². The number of aromatic nitrogens is 1. The molecule has 0 spiro atoms. The number of nitrogens with zero attached hydrogens (tertiary/aromatic N) is 3. The van der Waals surface area contributed by atoms with Gasteiger partial charge in [-0.25, -0.2) is 8.78 Å². The molecule has 6 rings (SSSR count). The smallest absolute Gasteiger partial charge is 0.254 e. The molecule has 1 fully saturated rings. The van der Waals surface area contributed by atoms with E-state index in [1.165, 1.54) is 24.3 Å². The molecular weight excluding hydrogens is 508 g/mol. The zero-order valence-electron chi connectivity index (χ0n) is 20.9. The summed E-state index contributed by atoms with van der Waals surface area (Å²) in [6, 6.07) is 16.2. The lowest BCUT2D eigenvalue weighted by molar-refractivity contribution is 0.0630. The van der Waals surface area contributed by atoms with Crippen LogP contribution in [-0.2, 0) is 6.42 Å². The van der Waals surface area contributed by atoms with Crippen LogP contribution in [0.25, 0.3) is 11.0 Å². The van der Waals surface area contributed by atoms with Gasteiger partial charge in [0.15, 0.2) is 5.58 Å². The third kappa shape index (κ3) is 4.81. The first-order chi connectivity index (χ1) is 18.5. The Morgan fingerprint density at radius 1 is 1.00 bits per heavy atom. The van der Waals surface area contributed by atoms with Gasteiger partial charge in [-0.2, -0.15) is 0 Å². The molecule has 1 unspecified atom stereocenters. The van der Waals surface area contributed by atoms with Crippen molar-refractivity contribution in [1.29, 1.82) is 0 Å². The van der Waals surface area contributed by atoms with Crippen molar-refractivity contribution >= 4 is 28.5 Å². The fourth-order valence-corrected chi connectivity index (χ4v) is 6.26. The van der Waals surface area contributed by atoms with Crippen molar-refractivity contribution in [3.63, 3.8) is 0 Å². The molecule has 4 aromatic rings. The van der Waals surface area contributed by atoms with Gasteiger partial charge in [-0.3, -0.25) is 4.79 Å². The predicted molar refractivity (Wildman–Crippen MR) is 142 cm³/mol. The van der Waals surface area contributed by atoms with Crippen LogP contribution in [0.4, 0.5) is 8.78 Å². The summed E-state index contributed by atoms with van der Waals surface area (Å²) in [5.41, 5.74) is 4.09. The predicted octanol–water partition coefficient (Wildman–Crippen LogP) is 6.77. The number of carbonyl (C=O) groups excluding carboxylic acids is 1. The monoisotopic (exact) mass is 535 g/mol. The fraction of sp³-hybridized carbons (Fsp3) is 0.333. The lowest BCUT2D eigenvalue weighted by Crippen LogP contribution is -2.42. The quantitative estimate of drug-likeness (QED) is 0.283. The van der Waals surface area contributed by atoms with Gasteiger partial charge in [0.05, 0.1) is 11.7 Å². The summed E-state index contributed by atoms with van der Waals surface area (Å²) in [5.74, 6) is -0.506. The number of halogens is 3. The Labute approximate surface area is 225 Å². The maximum atomic E-state index is 13.5. The molecule has 1 aromatic heterocycles. The molecule has 0 saturated carbocycles. The minimum absolute atomic E-state index is 0.0892. The average Bonchev–Trinajstić information content (AvgIpc) is 3.35. The summed E-state index contributed by atoms with van der Waals surface area (Å²) >= 11 is 6.54. The van der Waals surface area contributed by atoms with Crippen molar-refractivity contribution in [1.82, 2.24) is 15.0 Å². The summed E-state index contributed by atoms with van der Waals surface area (Å²) < 4.78 is 32.4. The summed E-state index contributed by atoms with van der Waals surface area (Å²) in [6.07, 6.45) is 3.34. The molecule has 196 valence electrons. The van der Waals surface area contributed by atoms with Crippen LogP contribution in [0, 0.1) is 11.6 Å². The number of carbonyl (C=O) groups is 1. The molecule has 8 heteroatoms. The average molecular weight is 536 g/mol. The maximum Gasteiger partial charge on any atom is 0.254 e. The van der Waals surface area contributed by atoms with Crippen LogP contribution in [-0.4, -0.2) is 47.0 Å². The van der Waals surface area contributed by atoms with Crippen LogP contribution in [0.3, 0.4) is 0 Å². The molecule has 0 bridgehead atoms. The van der Waals surface area contributed by atoms with Crippen molar-refractivity contribution in [2.45, 2.75) is 37.6 Å². The van der Waals surface area contributed by atoms with E-state index in [0.29, 0.717) is 24.1 Å². The van der Waals surface area contributed by atoms with E-state index in [2.05, 4.69) is 16.1 Å². The lowest BCUT2D eigenvalue weighted by Gasteiger charge is -2.39. The number of likely N-dealkylation sites (tertiary alicyclic amines) is 1. The second-order valence-electron chi connectivity index (χ2n) is 10.2. The number of benzene rings is 3. The van der Waals surface area contributed by atoms with Gasteiger partial charge in [0.25, 0.3) is 5.91 Å². The zero-order valence-corrected chi connectivity index (χ0v) is 21.6. The van der Waals surface area contributed by atoms with Crippen molar-refractivity contribution < 1.29 is 18.1 Å². The van der Waals surface area contributed by atoms with Crippen molar-refractivity contribution in [3.05, 3.63) is 99.7 Å². The van der Waals surface area contributed by atoms with E-state index in [4.69, 9.17) is 16.1 Å². The number of rotatable bonds is 5. The summed E-state index contributed by atoms with van der Waals surface area (Å²) in [6.45, 7) is 3.21. The molecule has 38 heavy (non-hydrogen) atoms. The van der Waals surface area contributed by atoms with E-state index in [0.717, 1.165) is 66.1 Å². The minimum Gasteiger partial charge on any atom is -0.356 e. The van der Waals surface area contributed by atoms with Gasteiger partial charge in [-0.15, -0.1) is 0 Å². The molecule has 5 nitrogen and oxygen atoms in total. The van der Waals surface area contributed by atoms with Gasteiger partial charge in [-0.05, 0) is 92.4 Å². The number of hydrogen-bond donors (Lipinski definition) is 0. The Kier molecular flexibility index (Phi) is 6.89. The Bertz CT molecular complexity index is 1460. The molecule has 2 aliphatic rings. The molecule has 0 radical (unpaired) electrons. The highest BCUT2D eigenvalue weighted by Gasteiger charge is 2.33. The first kappa shape index (κ1) is 25.0. The van der Waals surface area contributed by atoms with E-state index < -0.39 is 0 Å². The van der Waals surface area contributed by atoms with Crippen LogP contribution < -0.4 is 0 Å². The van der Waals surface area contributed by atoms with Crippen molar-refractivity contribution in [3.8, 4) is 0 Å². The van der Waals surface area contributed by atoms with Crippen LogP contribution in [0.1, 0.15) is 58.4 Å².